The van der Waals surface area contributed by atoms with Crippen molar-refractivity contribution in [1.29, 1.82) is 0 Å². The first-order chi connectivity index (χ1) is 9.63. The van der Waals surface area contributed by atoms with Gasteiger partial charge in [-0.2, -0.15) is 5.10 Å². The number of aromatic nitrogens is 2. The van der Waals surface area contributed by atoms with Gasteiger partial charge in [0.25, 0.3) is 0 Å². The van der Waals surface area contributed by atoms with Crippen molar-refractivity contribution in [3.63, 3.8) is 0 Å². The Hall–Kier alpha value is -2.30. The molecule has 2 amide bonds. The Balaban J connectivity index is 1.67. The van der Waals surface area contributed by atoms with Crippen LogP contribution in [-0.4, -0.2) is 15.8 Å². The van der Waals surface area contributed by atoms with Gasteiger partial charge in [-0.3, -0.25) is 10.00 Å². The van der Waals surface area contributed by atoms with Crippen LogP contribution in [0.25, 0.3) is 0 Å². The van der Waals surface area contributed by atoms with Crippen LogP contribution in [0.1, 0.15) is 29.3 Å². The highest BCUT2D eigenvalue weighted by Crippen LogP contribution is 2.30. The van der Waals surface area contributed by atoms with Crippen LogP contribution >= 0.6 is 0 Å². The summed E-state index contributed by atoms with van der Waals surface area (Å²) >= 11 is 0. The molecule has 0 bridgehead atoms. The second-order valence-corrected chi connectivity index (χ2v) is 5.18. The van der Waals surface area contributed by atoms with E-state index in [1.54, 1.807) is 4.68 Å². The number of nitrogens with zero attached hydrogens (tertiary/aromatic N) is 2. The van der Waals surface area contributed by atoms with E-state index in [9.17, 15) is 4.79 Å². The summed E-state index contributed by atoms with van der Waals surface area (Å²) in [6.45, 7) is 1.90. The first kappa shape index (κ1) is 12.7. The number of hydrogen-bond acceptors (Lipinski definition) is 2. The van der Waals surface area contributed by atoms with Crippen LogP contribution < -0.4 is 10.6 Å². The molecule has 104 valence electrons. The highest BCUT2D eigenvalue weighted by atomic mass is 16.2. The summed E-state index contributed by atoms with van der Waals surface area (Å²) in [5.41, 5.74) is 3.44. The van der Waals surface area contributed by atoms with E-state index in [0.717, 1.165) is 18.5 Å². The lowest BCUT2D eigenvalue weighted by atomic mass is 10.1. The summed E-state index contributed by atoms with van der Waals surface area (Å²) in [6, 6.07) is 10.0. The Labute approximate surface area is 118 Å². The van der Waals surface area contributed by atoms with Gasteiger partial charge in [0.1, 0.15) is 5.82 Å². The number of carbonyl (C=O) groups is 1. The van der Waals surface area contributed by atoms with Gasteiger partial charge < -0.3 is 5.32 Å². The molecule has 5 heteroatoms. The van der Waals surface area contributed by atoms with Crippen molar-refractivity contribution >= 4 is 11.8 Å². The van der Waals surface area contributed by atoms with E-state index in [1.807, 2.05) is 32.2 Å². The average molecular weight is 270 g/mol. The molecule has 0 unspecified atom stereocenters. The van der Waals surface area contributed by atoms with Gasteiger partial charge in [-0.1, -0.05) is 24.3 Å². The zero-order chi connectivity index (χ0) is 14.1. The second kappa shape index (κ2) is 5.00. The van der Waals surface area contributed by atoms with Crippen molar-refractivity contribution < 1.29 is 4.79 Å². The normalized spacial score (nSPS) is 16.8. The van der Waals surface area contributed by atoms with Crippen LogP contribution in [0.5, 0.6) is 0 Å². The monoisotopic (exact) mass is 270 g/mol. The minimum Gasteiger partial charge on any atom is -0.331 e. The van der Waals surface area contributed by atoms with E-state index in [4.69, 9.17) is 0 Å². The van der Waals surface area contributed by atoms with Crippen LogP contribution in [0.2, 0.25) is 0 Å². The summed E-state index contributed by atoms with van der Waals surface area (Å²) in [5.74, 6) is 0.700. The number of nitrogens with one attached hydrogen (secondary N) is 2. The van der Waals surface area contributed by atoms with Gasteiger partial charge in [0.15, 0.2) is 0 Å². The molecule has 0 radical (unpaired) electrons. The average Bonchev–Trinajstić information content (AvgIpc) is 2.94. The van der Waals surface area contributed by atoms with Crippen molar-refractivity contribution in [2.24, 2.45) is 7.05 Å². The molecular weight excluding hydrogens is 252 g/mol. The first-order valence-corrected chi connectivity index (χ1v) is 6.79. The van der Waals surface area contributed by atoms with Gasteiger partial charge in [0.2, 0.25) is 0 Å². The van der Waals surface area contributed by atoms with Gasteiger partial charge in [-0.25, -0.2) is 4.79 Å². The van der Waals surface area contributed by atoms with Crippen molar-refractivity contribution in [2.75, 3.05) is 5.32 Å². The lowest BCUT2D eigenvalue weighted by molar-refractivity contribution is 0.248. The largest absolute Gasteiger partial charge is 0.331 e. The van der Waals surface area contributed by atoms with Crippen LogP contribution in [-0.2, 0) is 13.5 Å². The second-order valence-electron chi connectivity index (χ2n) is 5.18. The smallest absolute Gasteiger partial charge is 0.320 e. The Bertz CT molecular complexity index is 647. The SMILES string of the molecule is Cc1cc(NC(=O)N[C@@H]2CCc3ccccc32)n(C)n1. The molecule has 2 aromatic rings. The van der Waals surface area contributed by atoms with E-state index in [-0.39, 0.29) is 12.1 Å². The molecule has 2 N–H and O–H groups in total. The fourth-order valence-electron chi connectivity index (χ4n) is 2.75. The van der Waals surface area contributed by atoms with E-state index in [0.29, 0.717) is 5.82 Å². The number of benzene rings is 1. The minimum absolute atomic E-state index is 0.0977. The predicted octanol–water partition coefficient (Wildman–Crippen LogP) is 2.54. The molecule has 1 aromatic carbocycles. The number of amides is 2. The molecule has 0 saturated heterocycles. The van der Waals surface area contributed by atoms with Crippen molar-refractivity contribution in [3.8, 4) is 0 Å². The molecule has 0 fully saturated rings. The van der Waals surface area contributed by atoms with E-state index in [2.05, 4.69) is 27.9 Å². The third-order valence-corrected chi connectivity index (χ3v) is 3.68. The van der Waals surface area contributed by atoms with Crippen LogP contribution in [0.3, 0.4) is 0 Å². The number of urea groups is 1. The van der Waals surface area contributed by atoms with Gasteiger partial charge in [0, 0.05) is 13.1 Å². The highest BCUT2D eigenvalue weighted by Gasteiger charge is 2.23. The number of fused-ring (bicyclic) bond motifs is 1. The number of anilines is 1. The number of aryl methyl sites for hydroxylation is 3. The summed E-state index contributed by atoms with van der Waals surface area (Å²) < 4.78 is 1.66. The molecule has 1 atom stereocenters. The molecule has 1 aromatic heterocycles. The zero-order valence-electron chi connectivity index (χ0n) is 11.7. The molecule has 1 heterocycles. The molecule has 5 nitrogen and oxygen atoms in total. The van der Waals surface area contributed by atoms with Crippen LogP contribution in [0.4, 0.5) is 10.6 Å². The molecule has 1 aliphatic carbocycles. The molecule has 20 heavy (non-hydrogen) atoms. The number of hydrogen-bond donors (Lipinski definition) is 2. The maximum absolute atomic E-state index is 12.1. The molecule has 1 aliphatic rings. The van der Waals surface area contributed by atoms with Crippen molar-refractivity contribution in [3.05, 3.63) is 47.2 Å². The molecular formula is C15H18N4O. The van der Waals surface area contributed by atoms with Gasteiger partial charge >= 0.3 is 6.03 Å². The molecule has 0 spiro atoms. The molecule has 0 aliphatic heterocycles. The maximum atomic E-state index is 12.1. The van der Waals surface area contributed by atoms with E-state index in [1.165, 1.54) is 11.1 Å². The predicted molar refractivity (Wildman–Crippen MR) is 77.6 cm³/mol. The first-order valence-electron chi connectivity index (χ1n) is 6.79. The standard InChI is InChI=1S/C15H18N4O/c1-10-9-14(19(2)18-10)17-15(20)16-13-8-7-11-5-3-4-6-12(11)13/h3-6,9,13H,7-8H2,1-2H3,(H2,16,17,20)/t13-/m1/s1. The fourth-order valence-corrected chi connectivity index (χ4v) is 2.75. The minimum atomic E-state index is -0.185. The molecule has 3 rings (SSSR count). The summed E-state index contributed by atoms with van der Waals surface area (Å²) in [5, 5.41) is 10.1. The topological polar surface area (TPSA) is 59.0 Å². The Morgan fingerprint density at radius 2 is 2.20 bits per heavy atom. The van der Waals surface area contributed by atoms with Gasteiger partial charge in [-0.15, -0.1) is 0 Å². The molecule has 0 saturated carbocycles. The number of rotatable bonds is 2. The summed E-state index contributed by atoms with van der Waals surface area (Å²) in [7, 11) is 1.81. The lowest BCUT2D eigenvalue weighted by Gasteiger charge is -2.14. The third kappa shape index (κ3) is 2.39. The Kier molecular flexibility index (Phi) is 3.18. The van der Waals surface area contributed by atoms with Crippen molar-refractivity contribution in [2.45, 2.75) is 25.8 Å². The van der Waals surface area contributed by atoms with Crippen LogP contribution in [0.15, 0.2) is 30.3 Å². The van der Waals surface area contributed by atoms with E-state index >= 15 is 0 Å². The number of carbonyl (C=O) groups excluding carboxylic acids is 1. The highest BCUT2D eigenvalue weighted by molar-refractivity contribution is 5.88. The Morgan fingerprint density at radius 1 is 1.40 bits per heavy atom. The maximum Gasteiger partial charge on any atom is 0.320 e. The Morgan fingerprint density at radius 3 is 2.95 bits per heavy atom. The third-order valence-electron chi connectivity index (χ3n) is 3.68. The summed E-state index contributed by atoms with van der Waals surface area (Å²) in [6.07, 6.45) is 1.98. The van der Waals surface area contributed by atoms with Crippen molar-refractivity contribution in [1.82, 2.24) is 15.1 Å². The van der Waals surface area contributed by atoms with Gasteiger partial charge in [-0.05, 0) is 30.9 Å². The summed E-state index contributed by atoms with van der Waals surface area (Å²) in [4.78, 5) is 12.1. The quantitative estimate of drug-likeness (QED) is 0.881. The zero-order valence-corrected chi connectivity index (χ0v) is 11.7. The van der Waals surface area contributed by atoms with E-state index < -0.39 is 0 Å². The lowest BCUT2D eigenvalue weighted by Crippen LogP contribution is -2.32. The van der Waals surface area contributed by atoms with Gasteiger partial charge in [0.05, 0.1) is 11.7 Å². The van der Waals surface area contributed by atoms with Crippen LogP contribution in [0, 0.1) is 6.92 Å². The fraction of sp³-hybridized carbons (Fsp3) is 0.333.